The maximum atomic E-state index is 12.3. The Kier molecular flexibility index (Phi) is 4.30. The van der Waals surface area contributed by atoms with Crippen molar-refractivity contribution in [3.8, 4) is 0 Å². The van der Waals surface area contributed by atoms with Gasteiger partial charge < -0.3 is 9.64 Å². The molecule has 0 unspecified atom stereocenters. The van der Waals surface area contributed by atoms with E-state index in [-0.39, 0.29) is 24.7 Å². The zero-order chi connectivity index (χ0) is 14.2. The first-order valence-electron chi connectivity index (χ1n) is 6.51. The van der Waals surface area contributed by atoms with Gasteiger partial charge in [0.2, 0.25) is 5.91 Å². The molecule has 1 amide bonds. The van der Waals surface area contributed by atoms with Gasteiger partial charge in [0.1, 0.15) is 6.54 Å². The molecule has 0 spiro atoms. The molecule has 2 rings (SSSR count). The Labute approximate surface area is 122 Å². The Bertz CT molecular complexity index is 476. The highest BCUT2D eigenvalue weighted by Crippen LogP contribution is 2.20. The summed E-state index contributed by atoms with van der Waals surface area (Å²) >= 11 is 3.48. The lowest BCUT2D eigenvalue weighted by atomic mass is 10.2. The van der Waals surface area contributed by atoms with Gasteiger partial charge in [-0.15, -0.1) is 0 Å². The number of morpholine rings is 1. The third kappa shape index (κ3) is 3.17. The molecule has 0 bridgehead atoms. The summed E-state index contributed by atoms with van der Waals surface area (Å²) in [5.74, 6) is 0.0973. The molecule has 0 aliphatic carbocycles. The second-order valence-corrected chi connectivity index (χ2v) is 5.99. The molecule has 1 fully saturated rings. The smallest absolute Gasteiger partial charge is 0.244 e. The van der Waals surface area contributed by atoms with Gasteiger partial charge in [-0.25, -0.2) is 0 Å². The molecule has 0 radical (unpaired) electrons. The van der Waals surface area contributed by atoms with E-state index < -0.39 is 0 Å². The Morgan fingerprint density at radius 2 is 1.95 bits per heavy atom. The molecule has 6 heteroatoms. The van der Waals surface area contributed by atoms with E-state index in [1.807, 2.05) is 32.6 Å². The van der Waals surface area contributed by atoms with Gasteiger partial charge in [0, 0.05) is 13.1 Å². The number of nitrogens with zero attached hydrogens (tertiary/aromatic N) is 3. The summed E-state index contributed by atoms with van der Waals surface area (Å²) in [5, 5.41) is 4.37. The van der Waals surface area contributed by atoms with Crippen molar-refractivity contribution in [2.45, 2.75) is 46.4 Å². The molecule has 2 heterocycles. The lowest BCUT2D eigenvalue weighted by Gasteiger charge is -2.35. The van der Waals surface area contributed by atoms with Crippen molar-refractivity contribution in [3.63, 3.8) is 0 Å². The van der Waals surface area contributed by atoms with Crippen LogP contribution in [0, 0.1) is 13.8 Å². The summed E-state index contributed by atoms with van der Waals surface area (Å²) in [5.41, 5.74) is 1.90. The number of rotatable bonds is 2. The number of carbonyl (C=O) groups excluding carboxylic acids is 1. The highest BCUT2D eigenvalue weighted by atomic mass is 79.9. The predicted octanol–water partition coefficient (Wildman–Crippen LogP) is 1.90. The molecule has 1 aromatic heterocycles. The maximum Gasteiger partial charge on any atom is 0.244 e. The van der Waals surface area contributed by atoms with E-state index in [0.29, 0.717) is 13.1 Å². The lowest BCUT2D eigenvalue weighted by molar-refractivity contribution is -0.144. The third-order valence-electron chi connectivity index (χ3n) is 3.35. The third-order valence-corrected chi connectivity index (χ3v) is 4.50. The van der Waals surface area contributed by atoms with Crippen LogP contribution in [0.5, 0.6) is 0 Å². The number of halogens is 1. The van der Waals surface area contributed by atoms with E-state index in [0.717, 1.165) is 15.9 Å². The summed E-state index contributed by atoms with van der Waals surface area (Å²) in [4.78, 5) is 14.2. The normalized spacial score (nSPS) is 23.7. The van der Waals surface area contributed by atoms with Gasteiger partial charge >= 0.3 is 0 Å². The van der Waals surface area contributed by atoms with Crippen molar-refractivity contribution >= 4 is 21.8 Å². The van der Waals surface area contributed by atoms with E-state index in [2.05, 4.69) is 21.0 Å². The first-order valence-corrected chi connectivity index (χ1v) is 7.30. The van der Waals surface area contributed by atoms with E-state index in [1.54, 1.807) is 4.68 Å². The number of ether oxygens (including phenoxy) is 1. The molecule has 5 nitrogen and oxygen atoms in total. The first kappa shape index (κ1) is 14.5. The van der Waals surface area contributed by atoms with Crippen molar-refractivity contribution in [2.75, 3.05) is 13.1 Å². The van der Waals surface area contributed by atoms with Crippen LogP contribution in [-0.2, 0) is 16.1 Å². The molecule has 19 heavy (non-hydrogen) atoms. The number of aromatic nitrogens is 2. The fraction of sp³-hybridized carbons (Fsp3) is 0.692. The van der Waals surface area contributed by atoms with Gasteiger partial charge in [-0.05, 0) is 43.6 Å². The quantitative estimate of drug-likeness (QED) is 0.832. The van der Waals surface area contributed by atoms with Gasteiger partial charge in [0.05, 0.1) is 28.1 Å². The minimum absolute atomic E-state index is 0.0971. The number of amides is 1. The van der Waals surface area contributed by atoms with Crippen molar-refractivity contribution in [1.29, 1.82) is 0 Å². The molecule has 0 saturated carbocycles. The monoisotopic (exact) mass is 329 g/mol. The lowest BCUT2D eigenvalue weighted by Crippen LogP contribution is -2.49. The average Bonchev–Trinajstić information content (AvgIpc) is 2.56. The molecular formula is C13H20BrN3O2. The Balaban J connectivity index is 2.06. The molecular weight excluding hydrogens is 310 g/mol. The van der Waals surface area contributed by atoms with Crippen LogP contribution in [0.15, 0.2) is 4.47 Å². The van der Waals surface area contributed by atoms with Crippen LogP contribution >= 0.6 is 15.9 Å². The van der Waals surface area contributed by atoms with Crippen LogP contribution in [0.4, 0.5) is 0 Å². The average molecular weight is 330 g/mol. The number of aryl methyl sites for hydroxylation is 1. The zero-order valence-electron chi connectivity index (χ0n) is 11.8. The molecule has 1 aromatic rings. The van der Waals surface area contributed by atoms with E-state index in [1.165, 1.54) is 0 Å². The van der Waals surface area contributed by atoms with Crippen LogP contribution in [0.3, 0.4) is 0 Å². The highest BCUT2D eigenvalue weighted by molar-refractivity contribution is 9.10. The van der Waals surface area contributed by atoms with Crippen LogP contribution in [0.2, 0.25) is 0 Å². The Morgan fingerprint density at radius 3 is 2.42 bits per heavy atom. The second-order valence-electron chi connectivity index (χ2n) is 5.20. The van der Waals surface area contributed by atoms with Crippen molar-refractivity contribution in [2.24, 2.45) is 0 Å². The molecule has 106 valence electrons. The molecule has 1 saturated heterocycles. The van der Waals surface area contributed by atoms with Crippen LogP contribution in [0.25, 0.3) is 0 Å². The van der Waals surface area contributed by atoms with Gasteiger partial charge in [-0.2, -0.15) is 5.10 Å². The minimum Gasteiger partial charge on any atom is -0.372 e. The van der Waals surface area contributed by atoms with Crippen molar-refractivity contribution in [3.05, 3.63) is 15.9 Å². The fourth-order valence-electron chi connectivity index (χ4n) is 2.44. The molecule has 1 aliphatic rings. The summed E-state index contributed by atoms with van der Waals surface area (Å²) in [6.07, 6.45) is 0.194. The van der Waals surface area contributed by atoms with Gasteiger partial charge in [0.15, 0.2) is 0 Å². The van der Waals surface area contributed by atoms with Gasteiger partial charge in [-0.1, -0.05) is 0 Å². The van der Waals surface area contributed by atoms with Crippen molar-refractivity contribution in [1.82, 2.24) is 14.7 Å². The summed E-state index contributed by atoms with van der Waals surface area (Å²) in [6.45, 7) is 9.48. The molecule has 0 N–H and O–H groups in total. The van der Waals surface area contributed by atoms with E-state index >= 15 is 0 Å². The standard InChI is InChI=1S/C13H20BrN3O2/c1-8-5-16(6-9(2)19-8)12(18)7-17-11(4)13(14)10(3)15-17/h8-9H,5-7H2,1-4H3/t8-,9+. The zero-order valence-corrected chi connectivity index (χ0v) is 13.4. The number of carbonyl (C=O) groups is 1. The van der Waals surface area contributed by atoms with Crippen LogP contribution in [0.1, 0.15) is 25.2 Å². The van der Waals surface area contributed by atoms with Crippen molar-refractivity contribution < 1.29 is 9.53 Å². The summed E-state index contributed by atoms with van der Waals surface area (Å²) in [6, 6.07) is 0. The number of hydrogen-bond donors (Lipinski definition) is 0. The second kappa shape index (κ2) is 5.63. The van der Waals surface area contributed by atoms with Gasteiger partial charge in [-0.3, -0.25) is 9.48 Å². The van der Waals surface area contributed by atoms with Crippen LogP contribution < -0.4 is 0 Å². The number of hydrogen-bond acceptors (Lipinski definition) is 3. The minimum atomic E-state index is 0.0971. The predicted molar refractivity (Wildman–Crippen MR) is 76.0 cm³/mol. The molecule has 1 aliphatic heterocycles. The Morgan fingerprint density at radius 1 is 1.37 bits per heavy atom. The summed E-state index contributed by atoms with van der Waals surface area (Å²) in [7, 11) is 0. The highest BCUT2D eigenvalue weighted by Gasteiger charge is 2.26. The molecule has 2 atom stereocenters. The largest absolute Gasteiger partial charge is 0.372 e. The van der Waals surface area contributed by atoms with Crippen LogP contribution in [-0.4, -0.2) is 45.9 Å². The summed E-state index contributed by atoms with van der Waals surface area (Å²) < 4.78 is 8.37. The first-order chi connectivity index (χ1) is 8.88. The van der Waals surface area contributed by atoms with E-state index in [9.17, 15) is 4.79 Å². The van der Waals surface area contributed by atoms with Gasteiger partial charge in [0.25, 0.3) is 0 Å². The SMILES string of the molecule is Cc1nn(CC(=O)N2C[C@@H](C)O[C@@H](C)C2)c(C)c1Br. The van der Waals surface area contributed by atoms with E-state index in [4.69, 9.17) is 4.74 Å². The fourth-order valence-corrected chi connectivity index (χ4v) is 2.72. The maximum absolute atomic E-state index is 12.3. The Hall–Kier alpha value is -0.880. The molecule has 0 aromatic carbocycles. The topological polar surface area (TPSA) is 47.4 Å².